The van der Waals surface area contributed by atoms with Gasteiger partial charge >= 0.3 is 6.18 Å². The maximum atomic E-state index is 13.2. The van der Waals surface area contributed by atoms with Crippen molar-refractivity contribution in [2.24, 2.45) is 0 Å². The first kappa shape index (κ1) is 16.8. The van der Waals surface area contributed by atoms with Crippen molar-refractivity contribution in [3.8, 4) is 0 Å². The molecule has 0 aliphatic heterocycles. The predicted octanol–water partition coefficient (Wildman–Crippen LogP) is 3.49. The van der Waals surface area contributed by atoms with E-state index in [9.17, 15) is 23.1 Å². The maximum Gasteiger partial charge on any atom is 0.412 e. The van der Waals surface area contributed by atoms with Crippen molar-refractivity contribution < 1.29 is 23.1 Å². The van der Waals surface area contributed by atoms with Crippen LogP contribution in [0.25, 0.3) is 0 Å². The molecule has 6 heteroatoms. The minimum atomic E-state index is -4.58. The van der Waals surface area contributed by atoms with E-state index >= 15 is 0 Å². The Hall–Kier alpha value is -1.56. The molecule has 122 valence electrons. The van der Waals surface area contributed by atoms with Gasteiger partial charge in [0.1, 0.15) is 0 Å². The lowest BCUT2D eigenvalue weighted by Gasteiger charge is -2.32. The average Bonchev–Trinajstić information content (AvgIpc) is 2.45. The van der Waals surface area contributed by atoms with Crippen molar-refractivity contribution in [3.63, 3.8) is 0 Å². The first-order valence-electron chi connectivity index (χ1n) is 7.44. The average molecular weight is 315 g/mol. The van der Waals surface area contributed by atoms with E-state index < -0.39 is 23.7 Å². The molecule has 22 heavy (non-hydrogen) atoms. The third kappa shape index (κ3) is 4.47. The standard InChI is InChI=1S/C16H20F3NO2/c17-16(18,19)14(12-7-3-1-4-8-12)20-13(21)11-15(22)9-5-2-6-10-15/h1,3-4,7-8,14,22H,2,5-6,9-11H2,(H,20,21). The quantitative estimate of drug-likeness (QED) is 0.893. The molecular weight excluding hydrogens is 295 g/mol. The number of hydrogen-bond donors (Lipinski definition) is 2. The van der Waals surface area contributed by atoms with Crippen LogP contribution in [0.2, 0.25) is 0 Å². The fourth-order valence-corrected chi connectivity index (χ4v) is 2.90. The van der Waals surface area contributed by atoms with E-state index in [-0.39, 0.29) is 12.0 Å². The smallest absolute Gasteiger partial charge is 0.389 e. The SMILES string of the molecule is O=C(CC1(O)CCCCC1)NC(c1ccccc1)C(F)(F)F. The monoisotopic (exact) mass is 315 g/mol. The molecule has 0 heterocycles. The van der Waals surface area contributed by atoms with Crippen molar-refractivity contribution in [1.82, 2.24) is 5.32 Å². The molecule has 0 saturated heterocycles. The van der Waals surface area contributed by atoms with Gasteiger partial charge in [-0.1, -0.05) is 49.6 Å². The normalized spacial score (nSPS) is 19.5. The Morgan fingerprint density at radius 2 is 1.77 bits per heavy atom. The van der Waals surface area contributed by atoms with E-state index in [0.29, 0.717) is 12.8 Å². The summed E-state index contributed by atoms with van der Waals surface area (Å²) in [6.45, 7) is 0. The summed E-state index contributed by atoms with van der Waals surface area (Å²) in [5.41, 5.74) is -1.19. The number of alkyl halides is 3. The fourth-order valence-electron chi connectivity index (χ4n) is 2.90. The van der Waals surface area contributed by atoms with Gasteiger partial charge in [0.05, 0.1) is 12.0 Å². The lowest BCUT2D eigenvalue weighted by Crippen LogP contribution is -2.43. The molecule has 1 fully saturated rings. The lowest BCUT2D eigenvalue weighted by atomic mass is 9.82. The molecule has 1 unspecified atom stereocenters. The van der Waals surface area contributed by atoms with E-state index in [1.807, 2.05) is 5.32 Å². The van der Waals surface area contributed by atoms with Crippen LogP contribution in [0.1, 0.15) is 50.1 Å². The van der Waals surface area contributed by atoms with Crippen LogP contribution in [0.5, 0.6) is 0 Å². The van der Waals surface area contributed by atoms with Crippen LogP contribution in [0.15, 0.2) is 30.3 Å². The Labute approximate surface area is 127 Å². The summed E-state index contributed by atoms with van der Waals surface area (Å²) in [5, 5.41) is 12.3. The van der Waals surface area contributed by atoms with Crippen LogP contribution < -0.4 is 5.32 Å². The van der Waals surface area contributed by atoms with Gasteiger partial charge < -0.3 is 10.4 Å². The van der Waals surface area contributed by atoms with Crippen molar-refractivity contribution in [2.45, 2.75) is 56.3 Å². The minimum absolute atomic E-state index is 0.0148. The van der Waals surface area contributed by atoms with Crippen LogP contribution in [0, 0.1) is 0 Å². The summed E-state index contributed by atoms with van der Waals surface area (Å²) < 4.78 is 39.5. The van der Waals surface area contributed by atoms with Gasteiger partial charge in [-0.3, -0.25) is 4.79 Å². The molecular formula is C16H20F3NO2. The maximum absolute atomic E-state index is 13.2. The highest BCUT2D eigenvalue weighted by atomic mass is 19.4. The largest absolute Gasteiger partial charge is 0.412 e. The van der Waals surface area contributed by atoms with Crippen molar-refractivity contribution in [2.75, 3.05) is 0 Å². The first-order valence-corrected chi connectivity index (χ1v) is 7.44. The van der Waals surface area contributed by atoms with E-state index in [4.69, 9.17) is 0 Å². The summed E-state index contributed by atoms with van der Waals surface area (Å²) in [5.74, 6) is -0.768. The van der Waals surface area contributed by atoms with Gasteiger partial charge in [0.2, 0.25) is 5.91 Å². The molecule has 2 rings (SSSR count). The molecule has 1 amide bonds. The molecule has 1 aliphatic rings. The van der Waals surface area contributed by atoms with Crippen LogP contribution in [-0.4, -0.2) is 22.8 Å². The predicted molar refractivity (Wildman–Crippen MR) is 76.0 cm³/mol. The highest BCUT2D eigenvalue weighted by Crippen LogP contribution is 2.34. The molecule has 1 aliphatic carbocycles. The van der Waals surface area contributed by atoms with E-state index in [2.05, 4.69) is 0 Å². The molecule has 1 atom stereocenters. The number of amides is 1. The Balaban J connectivity index is 2.06. The van der Waals surface area contributed by atoms with Crippen LogP contribution in [0.3, 0.4) is 0 Å². The number of hydrogen-bond acceptors (Lipinski definition) is 2. The molecule has 1 saturated carbocycles. The Morgan fingerprint density at radius 1 is 1.18 bits per heavy atom. The Bertz CT molecular complexity index is 496. The topological polar surface area (TPSA) is 49.3 Å². The second kappa shape index (κ2) is 6.69. The van der Waals surface area contributed by atoms with Gasteiger partial charge in [0.25, 0.3) is 0 Å². The highest BCUT2D eigenvalue weighted by molar-refractivity contribution is 5.77. The molecule has 2 N–H and O–H groups in total. The molecule has 3 nitrogen and oxygen atoms in total. The van der Waals surface area contributed by atoms with E-state index in [1.54, 1.807) is 6.07 Å². The molecule has 1 aromatic rings. The number of nitrogens with one attached hydrogen (secondary N) is 1. The van der Waals surface area contributed by atoms with Gasteiger partial charge in [0, 0.05) is 0 Å². The summed E-state index contributed by atoms with van der Waals surface area (Å²) in [4.78, 5) is 12.0. The number of benzene rings is 1. The van der Waals surface area contributed by atoms with Crippen LogP contribution in [0.4, 0.5) is 13.2 Å². The zero-order valence-corrected chi connectivity index (χ0v) is 12.2. The minimum Gasteiger partial charge on any atom is -0.389 e. The van der Waals surface area contributed by atoms with Gasteiger partial charge in [0.15, 0.2) is 6.04 Å². The molecule has 1 aromatic carbocycles. The number of carbonyl (C=O) groups excluding carboxylic acids is 1. The second-order valence-electron chi connectivity index (χ2n) is 5.91. The summed E-state index contributed by atoms with van der Waals surface area (Å²) in [6, 6.07) is 5.21. The third-order valence-corrected chi connectivity index (χ3v) is 4.04. The molecule has 0 spiro atoms. The molecule has 0 bridgehead atoms. The molecule has 0 radical (unpaired) electrons. The van der Waals surface area contributed by atoms with E-state index in [0.717, 1.165) is 19.3 Å². The first-order chi connectivity index (χ1) is 10.3. The van der Waals surface area contributed by atoms with Gasteiger partial charge in [-0.2, -0.15) is 13.2 Å². The fraction of sp³-hybridized carbons (Fsp3) is 0.562. The third-order valence-electron chi connectivity index (χ3n) is 4.04. The summed E-state index contributed by atoms with van der Waals surface area (Å²) >= 11 is 0. The van der Waals surface area contributed by atoms with Crippen molar-refractivity contribution in [1.29, 1.82) is 0 Å². The number of halogens is 3. The van der Waals surface area contributed by atoms with E-state index in [1.165, 1.54) is 24.3 Å². The Morgan fingerprint density at radius 3 is 2.32 bits per heavy atom. The van der Waals surface area contributed by atoms with Gasteiger partial charge in [-0.05, 0) is 18.4 Å². The van der Waals surface area contributed by atoms with Crippen molar-refractivity contribution >= 4 is 5.91 Å². The number of carbonyl (C=O) groups is 1. The zero-order valence-electron chi connectivity index (χ0n) is 12.2. The Kier molecular flexibility index (Phi) is 5.11. The summed E-state index contributed by atoms with van der Waals surface area (Å²) in [7, 11) is 0. The van der Waals surface area contributed by atoms with Gasteiger partial charge in [-0.15, -0.1) is 0 Å². The number of aliphatic hydroxyl groups is 1. The molecule has 0 aromatic heterocycles. The second-order valence-corrected chi connectivity index (χ2v) is 5.91. The summed E-state index contributed by atoms with van der Waals surface area (Å²) in [6.07, 6.45) is -1.36. The van der Waals surface area contributed by atoms with Crippen LogP contribution in [-0.2, 0) is 4.79 Å². The lowest BCUT2D eigenvalue weighted by molar-refractivity contribution is -0.165. The van der Waals surface area contributed by atoms with Gasteiger partial charge in [-0.25, -0.2) is 0 Å². The van der Waals surface area contributed by atoms with Crippen molar-refractivity contribution in [3.05, 3.63) is 35.9 Å². The number of rotatable bonds is 4. The zero-order chi connectivity index (χ0) is 16.2. The highest BCUT2D eigenvalue weighted by Gasteiger charge is 2.42. The van der Waals surface area contributed by atoms with Crippen LogP contribution >= 0.6 is 0 Å².